The molecule has 152 valence electrons. The van der Waals surface area contributed by atoms with Gasteiger partial charge in [-0.2, -0.15) is 0 Å². The molecule has 4 aromatic rings. The van der Waals surface area contributed by atoms with Crippen molar-refractivity contribution in [2.75, 3.05) is 20.3 Å². The fraction of sp³-hybridized carbons (Fsp3) is 0.391. The summed E-state index contributed by atoms with van der Waals surface area (Å²) in [5.74, 6) is 0.879. The van der Waals surface area contributed by atoms with Gasteiger partial charge in [0.25, 0.3) is 0 Å². The summed E-state index contributed by atoms with van der Waals surface area (Å²) in [4.78, 5) is 18.2. The summed E-state index contributed by atoms with van der Waals surface area (Å²) >= 11 is 0. The quantitative estimate of drug-likeness (QED) is 0.519. The summed E-state index contributed by atoms with van der Waals surface area (Å²) in [7, 11) is 1.79. The molecule has 6 heteroatoms. The SMILES string of the molecule is C.COC[C@H]1CCCN1Cc1ccc2[nH]c(-c3ccnc4nc(C)[nH]c34)cc2c1. The molecule has 1 fully saturated rings. The summed E-state index contributed by atoms with van der Waals surface area (Å²) in [6.07, 6.45) is 4.30. The monoisotopic (exact) mass is 391 g/mol. The maximum Gasteiger partial charge on any atom is 0.178 e. The van der Waals surface area contributed by atoms with Crippen LogP contribution in [-0.4, -0.2) is 51.1 Å². The Balaban J connectivity index is 0.00000205. The van der Waals surface area contributed by atoms with Crippen molar-refractivity contribution in [2.24, 2.45) is 0 Å². The minimum atomic E-state index is 0. The molecule has 0 spiro atoms. The topological polar surface area (TPSA) is 69.8 Å². The highest BCUT2D eigenvalue weighted by molar-refractivity contribution is 5.94. The van der Waals surface area contributed by atoms with E-state index in [9.17, 15) is 0 Å². The van der Waals surface area contributed by atoms with E-state index in [-0.39, 0.29) is 7.43 Å². The highest BCUT2D eigenvalue weighted by atomic mass is 16.5. The van der Waals surface area contributed by atoms with Crippen LogP contribution in [0.25, 0.3) is 33.3 Å². The molecule has 0 unspecified atom stereocenters. The van der Waals surface area contributed by atoms with Crippen LogP contribution in [0.5, 0.6) is 0 Å². The molecular weight excluding hydrogens is 362 g/mol. The van der Waals surface area contributed by atoms with E-state index in [0.717, 1.165) is 53.5 Å². The van der Waals surface area contributed by atoms with Crippen molar-refractivity contribution in [1.29, 1.82) is 0 Å². The highest BCUT2D eigenvalue weighted by Gasteiger charge is 2.24. The molecule has 3 aromatic heterocycles. The fourth-order valence-electron chi connectivity index (χ4n) is 4.40. The lowest BCUT2D eigenvalue weighted by molar-refractivity contribution is 0.112. The Kier molecular flexibility index (Phi) is 5.39. The Morgan fingerprint density at radius 2 is 2.10 bits per heavy atom. The van der Waals surface area contributed by atoms with Crippen LogP contribution in [0.3, 0.4) is 0 Å². The molecule has 1 atom stereocenters. The third-order valence-corrected chi connectivity index (χ3v) is 5.73. The second kappa shape index (κ2) is 7.97. The summed E-state index contributed by atoms with van der Waals surface area (Å²) in [6.45, 7) is 4.90. The molecule has 0 radical (unpaired) electrons. The molecule has 29 heavy (non-hydrogen) atoms. The van der Waals surface area contributed by atoms with Crippen LogP contribution in [-0.2, 0) is 11.3 Å². The number of rotatable bonds is 5. The molecule has 0 amide bonds. The predicted molar refractivity (Wildman–Crippen MR) is 118 cm³/mol. The molecule has 0 aliphatic carbocycles. The van der Waals surface area contributed by atoms with E-state index in [0.29, 0.717) is 6.04 Å². The summed E-state index contributed by atoms with van der Waals surface area (Å²) < 4.78 is 5.39. The van der Waals surface area contributed by atoms with Gasteiger partial charge in [-0.3, -0.25) is 4.90 Å². The van der Waals surface area contributed by atoms with Crippen molar-refractivity contribution in [1.82, 2.24) is 24.8 Å². The van der Waals surface area contributed by atoms with E-state index in [1.54, 1.807) is 7.11 Å². The average molecular weight is 392 g/mol. The number of pyridine rings is 1. The molecule has 1 aliphatic heterocycles. The van der Waals surface area contributed by atoms with Crippen molar-refractivity contribution in [3.63, 3.8) is 0 Å². The molecule has 6 nitrogen and oxygen atoms in total. The van der Waals surface area contributed by atoms with Crippen molar-refractivity contribution in [2.45, 2.75) is 39.8 Å². The van der Waals surface area contributed by atoms with Gasteiger partial charge in [0.1, 0.15) is 5.82 Å². The Morgan fingerprint density at radius 1 is 1.21 bits per heavy atom. The number of likely N-dealkylation sites (tertiary alicyclic amines) is 1. The second-order valence-electron chi connectivity index (χ2n) is 7.71. The van der Waals surface area contributed by atoms with Crippen LogP contribution >= 0.6 is 0 Å². The number of hydrogen-bond donors (Lipinski definition) is 2. The normalized spacial score (nSPS) is 17.2. The highest BCUT2D eigenvalue weighted by Crippen LogP contribution is 2.29. The lowest BCUT2D eigenvalue weighted by atomic mass is 10.1. The first-order valence-electron chi connectivity index (χ1n) is 9.87. The lowest BCUT2D eigenvalue weighted by Crippen LogP contribution is -2.32. The van der Waals surface area contributed by atoms with Gasteiger partial charge in [0, 0.05) is 48.1 Å². The maximum absolute atomic E-state index is 5.39. The number of methoxy groups -OCH3 is 1. The van der Waals surface area contributed by atoms with Crippen LogP contribution in [0.2, 0.25) is 0 Å². The van der Waals surface area contributed by atoms with Crippen molar-refractivity contribution in [3.8, 4) is 11.3 Å². The summed E-state index contributed by atoms with van der Waals surface area (Å²) in [6, 6.07) is 11.5. The second-order valence-corrected chi connectivity index (χ2v) is 7.71. The zero-order valence-corrected chi connectivity index (χ0v) is 16.3. The molecule has 1 aromatic carbocycles. The molecule has 5 rings (SSSR count). The van der Waals surface area contributed by atoms with Gasteiger partial charge < -0.3 is 14.7 Å². The Morgan fingerprint density at radius 3 is 2.97 bits per heavy atom. The Hall–Kier alpha value is -2.70. The number of aryl methyl sites for hydroxylation is 1. The number of benzene rings is 1. The Bertz CT molecular complexity index is 1130. The molecule has 2 N–H and O–H groups in total. The van der Waals surface area contributed by atoms with Gasteiger partial charge in [-0.1, -0.05) is 13.5 Å². The maximum atomic E-state index is 5.39. The molecule has 1 aliphatic rings. The van der Waals surface area contributed by atoms with Gasteiger partial charge in [-0.15, -0.1) is 0 Å². The lowest BCUT2D eigenvalue weighted by Gasteiger charge is -2.23. The average Bonchev–Trinajstić information content (AvgIpc) is 3.39. The van der Waals surface area contributed by atoms with E-state index in [4.69, 9.17) is 4.74 Å². The molecule has 0 bridgehead atoms. The van der Waals surface area contributed by atoms with E-state index in [1.807, 2.05) is 19.2 Å². The van der Waals surface area contributed by atoms with Gasteiger partial charge in [-0.05, 0) is 56.1 Å². The number of hydrogen-bond acceptors (Lipinski definition) is 4. The summed E-state index contributed by atoms with van der Waals surface area (Å²) in [5.41, 5.74) is 6.41. The number of imidazole rings is 1. The van der Waals surface area contributed by atoms with E-state index in [2.05, 4.69) is 49.1 Å². The van der Waals surface area contributed by atoms with Gasteiger partial charge in [-0.25, -0.2) is 9.97 Å². The largest absolute Gasteiger partial charge is 0.383 e. The van der Waals surface area contributed by atoms with Crippen LogP contribution < -0.4 is 0 Å². The third kappa shape index (κ3) is 3.66. The fourth-order valence-corrected chi connectivity index (χ4v) is 4.40. The molecular formula is C23H29N5O. The van der Waals surface area contributed by atoms with Gasteiger partial charge in [0.15, 0.2) is 5.65 Å². The van der Waals surface area contributed by atoms with Crippen molar-refractivity contribution in [3.05, 3.63) is 47.9 Å². The van der Waals surface area contributed by atoms with Crippen molar-refractivity contribution < 1.29 is 4.74 Å². The van der Waals surface area contributed by atoms with Gasteiger partial charge in [0.2, 0.25) is 0 Å². The minimum Gasteiger partial charge on any atom is -0.383 e. The number of fused-ring (bicyclic) bond motifs is 2. The molecule has 1 saturated heterocycles. The zero-order chi connectivity index (χ0) is 19.1. The smallest absolute Gasteiger partial charge is 0.178 e. The van der Waals surface area contributed by atoms with E-state index < -0.39 is 0 Å². The number of nitrogens with zero attached hydrogens (tertiary/aromatic N) is 3. The first kappa shape index (κ1) is 19.6. The number of nitrogens with one attached hydrogen (secondary N) is 2. The van der Waals surface area contributed by atoms with Crippen LogP contribution in [0.4, 0.5) is 0 Å². The summed E-state index contributed by atoms with van der Waals surface area (Å²) in [5, 5.41) is 1.23. The minimum absolute atomic E-state index is 0. The van der Waals surface area contributed by atoms with Gasteiger partial charge >= 0.3 is 0 Å². The Labute approximate surface area is 171 Å². The predicted octanol–water partition coefficient (Wildman–Crippen LogP) is 4.66. The van der Waals surface area contributed by atoms with Crippen LogP contribution in [0, 0.1) is 6.92 Å². The standard InChI is InChI=1S/C22H25N5O.CH4/c1-14-24-21-18(7-8-23-22(21)25-14)20-11-16-10-15(5-6-19(16)26-20)12-27-9-3-4-17(27)13-28-2;/h5-8,10-11,17,26H,3-4,9,12-13H2,1-2H3,(H,23,24,25);1H4/t17-;/m1./s1. The van der Waals surface area contributed by atoms with Gasteiger partial charge in [0.05, 0.1) is 12.1 Å². The first-order valence-corrected chi connectivity index (χ1v) is 9.87. The molecule has 4 heterocycles. The van der Waals surface area contributed by atoms with E-state index in [1.165, 1.54) is 23.8 Å². The van der Waals surface area contributed by atoms with E-state index >= 15 is 0 Å². The third-order valence-electron chi connectivity index (χ3n) is 5.73. The molecule has 0 saturated carbocycles. The number of aromatic nitrogens is 4. The van der Waals surface area contributed by atoms with Crippen LogP contribution in [0.15, 0.2) is 36.5 Å². The zero-order valence-electron chi connectivity index (χ0n) is 16.3. The number of ether oxygens (including phenoxy) is 1. The van der Waals surface area contributed by atoms with Crippen molar-refractivity contribution >= 4 is 22.1 Å². The number of H-pyrrole nitrogens is 2. The van der Waals surface area contributed by atoms with Crippen LogP contribution in [0.1, 0.15) is 31.7 Å². The first-order chi connectivity index (χ1) is 13.7. The number of aromatic amines is 2.